The molecular weight excluding hydrogens is 330 g/mol. The molecule has 0 unspecified atom stereocenters. The van der Waals surface area contributed by atoms with Gasteiger partial charge in [-0.2, -0.15) is 5.26 Å². The molecule has 0 aliphatic rings. The third-order valence-electron chi connectivity index (χ3n) is 3.70. The summed E-state index contributed by atoms with van der Waals surface area (Å²) in [6.07, 6.45) is 0.160. The Bertz CT molecular complexity index is 793. The second-order valence-corrected chi connectivity index (χ2v) is 5.58. The van der Waals surface area contributed by atoms with Gasteiger partial charge >= 0.3 is 0 Å². The van der Waals surface area contributed by atoms with Crippen LogP contribution < -0.4 is 15.0 Å². The molecule has 0 bridgehead atoms. The third-order valence-corrected chi connectivity index (χ3v) is 3.70. The van der Waals surface area contributed by atoms with Gasteiger partial charge in [0.2, 0.25) is 11.8 Å². The molecule has 134 valence electrons. The summed E-state index contributed by atoms with van der Waals surface area (Å²) in [7, 11) is 0. The van der Waals surface area contributed by atoms with Crippen LogP contribution in [-0.4, -0.2) is 25.0 Å². The van der Waals surface area contributed by atoms with Gasteiger partial charge < -0.3 is 15.0 Å². The lowest BCUT2D eigenvalue weighted by Crippen LogP contribution is -2.31. The van der Waals surface area contributed by atoms with Gasteiger partial charge in [0.25, 0.3) is 0 Å². The minimum Gasteiger partial charge on any atom is -0.494 e. The maximum atomic E-state index is 12.1. The molecule has 0 aliphatic carbocycles. The first-order chi connectivity index (χ1) is 12.5. The zero-order valence-electron chi connectivity index (χ0n) is 14.9. The largest absolute Gasteiger partial charge is 0.494 e. The van der Waals surface area contributed by atoms with Crippen molar-refractivity contribution >= 4 is 23.2 Å². The van der Waals surface area contributed by atoms with E-state index in [0.717, 1.165) is 5.75 Å². The lowest BCUT2D eigenvalue weighted by molar-refractivity contribution is -0.117. The van der Waals surface area contributed by atoms with Crippen molar-refractivity contribution in [3.63, 3.8) is 0 Å². The summed E-state index contributed by atoms with van der Waals surface area (Å²) in [5, 5.41) is 11.5. The van der Waals surface area contributed by atoms with E-state index < -0.39 is 0 Å². The fourth-order valence-electron chi connectivity index (χ4n) is 2.42. The van der Waals surface area contributed by atoms with Crippen LogP contribution in [0.5, 0.6) is 5.75 Å². The Morgan fingerprint density at radius 3 is 2.31 bits per heavy atom. The van der Waals surface area contributed by atoms with E-state index in [4.69, 9.17) is 10.00 Å². The fraction of sp³-hybridized carbons (Fsp3) is 0.250. The number of ether oxygens (including phenoxy) is 1. The topological polar surface area (TPSA) is 82.4 Å². The first-order valence-corrected chi connectivity index (χ1v) is 8.34. The summed E-state index contributed by atoms with van der Waals surface area (Å²) in [5.41, 5.74) is 1.86. The van der Waals surface area contributed by atoms with Crippen LogP contribution in [0.4, 0.5) is 11.4 Å². The maximum Gasteiger partial charge on any atom is 0.226 e. The Kier molecular flexibility index (Phi) is 6.75. The molecule has 0 aromatic heterocycles. The molecule has 0 radical (unpaired) electrons. The second-order valence-electron chi connectivity index (χ2n) is 5.58. The van der Waals surface area contributed by atoms with Crippen molar-refractivity contribution < 1.29 is 14.3 Å². The van der Waals surface area contributed by atoms with E-state index in [0.29, 0.717) is 23.5 Å². The highest BCUT2D eigenvalue weighted by Gasteiger charge is 2.14. The van der Waals surface area contributed by atoms with E-state index in [1.54, 1.807) is 53.4 Å². The molecule has 0 spiro atoms. The number of benzene rings is 2. The number of carbonyl (C=O) groups is 2. The van der Waals surface area contributed by atoms with E-state index in [9.17, 15) is 9.59 Å². The number of amides is 2. The van der Waals surface area contributed by atoms with Crippen molar-refractivity contribution in [1.82, 2.24) is 0 Å². The van der Waals surface area contributed by atoms with Crippen LogP contribution >= 0.6 is 0 Å². The van der Waals surface area contributed by atoms with Crippen LogP contribution in [0, 0.1) is 11.3 Å². The maximum absolute atomic E-state index is 12.1. The van der Waals surface area contributed by atoms with Crippen molar-refractivity contribution in [3.8, 4) is 11.8 Å². The number of anilines is 2. The summed E-state index contributed by atoms with van der Waals surface area (Å²) in [6, 6.07) is 15.8. The molecule has 0 saturated heterocycles. The molecule has 0 atom stereocenters. The van der Waals surface area contributed by atoms with E-state index in [1.807, 2.05) is 13.0 Å². The second kappa shape index (κ2) is 9.23. The standard InChI is InChI=1S/C20H21N3O3/c1-3-26-19-10-8-18(9-11-19)23(15(2)24)13-12-20(25)22-17-6-4-16(14-21)5-7-17/h4-11H,3,12-13H2,1-2H3,(H,22,25). The molecule has 2 rings (SSSR count). The molecule has 2 amide bonds. The van der Waals surface area contributed by atoms with Gasteiger partial charge in [-0.3, -0.25) is 9.59 Å². The van der Waals surface area contributed by atoms with Gasteiger partial charge in [-0.1, -0.05) is 0 Å². The predicted molar refractivity (Wildman–Crippen MR) is 100 cm³/mol. The molecule has 6 heteroatoms. The summed E-state index contributed by atoms with van der Waals surface area (Å²) >= 11 is 0. The first-order valence-electron chi connectivity index (χ1n) is 8.34. The third kappa shape index (κ3) is 5.35. The van der Waals surface area contributed by atoms with Gasteiger partial charge in [-0.05, 0) is 55.5 Å². The number of carbonyl (C=O) groups excluding carboxylic acids is 2. The number of nitriles is 1. The SMILES string of the molecule is CCOc1ccc(N(CCC(=O)Nc2ccc(C#N)cc2)C(C)=O)cc1. The van der Waals surface area contributed by atoms with Crippen LogP contribution in [0.15, 0.2) is 48.5 Å². The molecule has 1 N–H and O–H groups in total. The van der Waals surface area contributed by atoms with Crippen molar-refractivity contribution in [2.75, 3.05) is 23.4 Å². The molecule has 0 fully saturated rings. The first kappa shape index (κ1) is 19.0. The highest BCUT2D eigenvalue weighted by molar-refractivity contribution is 5.94. The van der Waals surface area contributed by atoms with Gasteiger partial charge in [-0.25, -0.2) is 0 Å². The van der Waals surface area contributed by atoms with E-state index >= 15 is 0 Å². The summed E-state index contributed by atoms with van der Waals surface area (Å²) in [6.45, 7) is 4.22. The minimum absolute atomic E-state index is 0.139. The zero-order chi connectivity index (χ0) is 18.9. The Labute approximate surface area is 153 Å². The molecule has 2 aromatic carbocycles. The molecule has 0 aliphatic heterocycles. The van der Waals surface area contributed by atoms with E-state index in [-0.39, 0.29) is 24.8 Å². The van der Waals surface area contributed by atoms with Gasteiger partial charge in [-0.15, -0.1) is 0 Å². The summed E-state index contributed by atoms with van der Waals surface area (Å²) < 4.78 is 5.39. The van der Waals surface area contributed by atoms with Gasteiger partial charge in [0.1, 0.15) is 5.75 Å². The van der Waals surface area contributed by atoms with Crippen molar-refractivity contribution in [1.29, 1.82) is 5.26 Å². The van der Waals surface area contributed by atoms with Crippen LogP contribution in [0.3, 0.4) is 0 Å². The smallest absolute Gasteiger partial charge is 0.226 e. The van der Waals surface area contributed by atoms with Crippen LogP contribution in [0.1, 0.15) is 25.8 Å². The lowest BCUT2D eigenvalue weighted by atomic mass is 10.2. The number of nitrogens with zero attached hydrogens (tertiary/aromatic N) is 2. The van der Waals surface area contributed by atoms with Gasteiger partial charge in [0, 0.05) is 31.3 Å². The molecule has 6 nitrogen and oxygen atoms in total. The molecule has 0 saturated carbocycles. The summed E-state index contributed by atoms with van der Waals surface area (Å²) in [5.74, 6) is 0.394. The number of hydrogen-bond acceptors (Lipinski definition) is 4. The summed E-state index contributed by atoms with van der Waals surface area (Å²) in [4.78, 5) is 25.6. The quantitative estimate of drug-likeness (QED) is 0.829. The molecule has 26 heavy (non-hydrogen) atoms. The van der Waals surface area contributed by atoms with Crippen molar-refractivity contribution in [3.05, 3.63) is 54.1 Å². The normalized spacial score (nSPS) is 9.88. The van der Waals surface area contributed by atoms with Crippen LogP contribution in [0.25, 0.3) is 0 Å². The monoisotopic (exact) mass is 351 g/mol. The lowest BCUT2D eigenvalue weighted by Gasteiger charge is -2.21. The van der Waals surface area contributed by atoms with Gasteiger partial charge in [0.05, 0.1) is 18.2 Å². The Hall–Kier alpha value is -3.33. The molecule has 2 aromatic rings. The van der Waals surface area contributed by atoms with Crippen molar-refractivity contribution in [2.24, 2.45) is 0 Å². The van der Waals surface area contributed by atoms with Crippen LogP contribution in [-0.2, 0) is 9.59 Å². The Morgan fingerprint density at radius 1 is 1.12 bits per heavy atom. The zero-order valence-corrected chi connectivity index (χ0v) is 14.9. The van der Waals surface area contributed by atoms with E-state index in [1.165, 1.54) is 6.92 Å². The van der Waals surface area contributed by atoms with Crippen molar-refractivity contribution in [2.45, 2.75) is 20.3 Å². The average Bonchev–Trinajstić information content (AvgIpc) is 2.64. The van der Waals surface area contributed by atoms with Crippen LogP contribution in [0.2, 0.25) is 0 Å². The minimum atomic E-state index is -0.202. The number of rotatable bonds is 7. The highest BCUT2D eigenvalue weighted by atomic mass is 16.5. The molecular formula is C20H21N3O3. The molecule has 0 heterocycles. The van der Waals surface area contributed by atoms with E-state index in [2.05, 4.69) is 5.32 Å². The number of hydrogen-bond donors (Lipinski definition) is 1. The van der Waals surface area contributed by atoms with Gasteiger partial charge in [0.15, 0.2) is 0 Å². The average molecular weight is 351 g/mol. The highest BCUT2D eigenvalue weighted by Crippen LogP contribution is 2.20. The predicted octanol–water partition coefficient (Wildman–Crippen LogP) is 3.34. The Balaban J connectivity index is 1.95. The Morgan fingerprint density at radius 2 is 1.77 bits per heavy atom. The number of nitrogens with one attached hydrogen (secondary N) is 1. The fourth-order valence-corrected chi connectivity index (χ4v) is 2.42.